The Morgan fingerprint density at radius 3 is 2.46 bits per heavy atom. The lowest BCUT2D eigenvalue weighted by molar-refractivity contribution is 0.0693. The lowest BCUT2D eigenvalue weighted by Gasteiger charge is -2.27. The van der Waals surface area contributed by atoms with E-state index >= 15 is 0 Å². The van der Waals surface area contributed by atoms with Crippen molar-refractivity contribution in [1.29, 1.82) is 0 Å². The molecule has 0 aliphatic heterocycles. The molecular formula is C23H25N3O2. The summed E-state index contributed by atoms with van der Waals surface area (Å²) in [5, 5.41) is 0.589. The number of para-hydroxylation sites is 1. The summed E-state index contributed by atoms with van der Waals surface area (Å²) in [7, 11) is 0. The fraction of sp³-hybridized carbons (Fsp3) is 0.348. The van der Waals surface area contributed by atoms with Crippen molar-refractivity contribution in [3.63, 3.8) is 0 Å². The molecule has 5 nitrogen and oxygen atoms in total. The quantitative estimate of drug-likeness (QED) is 0.690. The third-order valence-corrected chi connectivity index (χ3v) is 5.68. The van der Waals surface area contributed by atoms with Gasteiger partial charge in [-0.1, -0.05) is 25.0 Å². The van der Waals surface area contributed by atoms with E-state index in [-0.39, 0.29) is 11.5 Å². The number of hydrogen-bond donors (Lipinski definition) is 0. The minimum atomic E-state index is -0.0942. The van der Waals surface area contributed by atoms with Gasteiger partial charge in [0.25, 0.3) is 11.5 Å². The molecule has 0 spiro atoms. The molecule has 1 aliphatic rings. The number of aryl methyl sites for hydroxylation is 1. The Labute approximate surface area is 164 Å². The summed E-state index contributed by atoms with van der Waals surface area (Å²) in [5.74, 6) is 0.700. The van der Waals surface area contributed by atoms with Gasteiger partial charge in [-0.25, -0.2) is 4.98 Å². The third kappa shape index (κ3) is 3.21. The van der Waals surface area contributed by atoms with Crippen LogP contribution in [0.5, 0.6) is 0 Å². The zero-order chi connectivity index (χ0) is 19.7. The van der Waals surface area contributed by atoms with Gasteiger partial charge in [0.15, 0.2) is 0 Å². The number of carbonyl (C=O) groups is 1. The number of amides is 1. The van der Waals surface area contributed by atoms with Gasteiger partial charge in [0.2, 0.25) is 0 Å². The normalized spacial score (nSPS) is 14.5. The first-order chi connectivity index (χ1) is 13.6. The fourth-order valence-corrected chi connectivity index (χ4v) is 4.25. The Bertz CT molecular complexity index is 1060. The van der Waals surface area contributed by atoms with Crippen LogP contribution >= 0.6 is 0 Å². The molecule has 0 unspecified atom stereocenters. The predicted octanol–water partition coefficient (Wildman–Crippen LogP) is 4.10. The van der Waals surface area contributed by atoms with E-state index in [0.717, 1.165) is 25.1 Å². The van der Waals surface area contributed by atoms with Crippen molar-refractivity contribution >= 4 is 16.8 Å². The number of benzene rings is 2. The summed E-state index contributed by atoms with van der Waals surface area (Å²) in [5.41, 5.74) is 1.99. The average molecular weight is 375 g/mol. The van der Waals surface area contributed by atoms with E-state index in [2.05, 4.69) is 4.98 Å². The minimum Gasteiger partial charge on any atom is -0.336 e. The highest BCUT2D eigenvalue weighted by Crippen LogP contribution is 2.25. The van der Waals surface area contributed by atoms with Gasteiger partial charge in [-0.05, 0) is 63.1 Å². The Morgan fingerprint density at radius 2 is 1.79 bits per heavy atom. The smallest absolute Gasteiger partial charge is 0.265 e. The molecular weight excluding hydrogens is 350 g/mol. The van der Waals surface area contributed by atoms with Crippen LogP contribution in [0.4, 0.5) is 0 Å². The Kier molecular flexibility index (Phi) is 4.99. The van der Waals surface area contributed by atoms with Crippen LogP contribution in [0, 0.1) is 6.92 Å². The number of hydrogen-bond acceptors (Lipinski definition) is 3. The second kappa shape index (κ2) is 7.58. The molecule has 1 heterocycles. The molecule has 5 heteroatoms. The molecule has 0 bridgehead atoms. The first kappa shape index (κ1) is 18.4. The molecule has 0 atom stereocenters. The second-order valence-electron chi connectivity index (χ2n) is 7.39. The van der Waals surface area contributed by atoms with Crippen LogP contribution in [-0.4, -0.2) is 32.9 Å². The van der Waals surface area contributed by atoms with Crippen LogP contribution in [0.1, 0.15) is 48.8 Å². The second-order valence-corrected chi connectivity index (χ2v) is 7.39. The molecule has 2 aromatic carbocycles. The van der Waals surface area contributed by atoms with E-state index in [1.54, 1.807) is 10.6 Å². The summed E-state index contributed by atoms with van der Waals surface area (Å²) in [6.45, 7) is 4.58. The molecule has 28 heavy (non-hydrogen) atoms. The number of fused-ring (bicyclic) bond motifs is 1. The van der Waals surface area contributed by atoms with Gasteiger partial charge in [0, 0.05) is 18.2 Å². The van der Waals surface area contributed by atoms with Crippen molar-refractivity contribution in [1.82, 2.24) is 14.5 Å². The van der Waals surface area contributed by atoms with Crippen LogP contribution in [0.2, 0.25) is 0 Å². The van der Waals surface area contributed by atoms with Crippen LogP contribution in [0.25, 0.3) is 16.6 Å². The Balaban J connectivity index is 1.68. The molecule has 1 aliphatic carbocycles. The lowest BCUT2D eigenvalue weighted by Crippen LogP contribution is -2.38. The van der Waals surface area contributed by atoms with E-state index in [1.807, 2.05) is 61.2 Å². The van der Waals surface area contributed by atoms with Gasteiger partial charge in [-0.2, -0.15) is 0 Å². The van der Waals surface area contributed by atoms with Crippen molar-refractivity contribution in [2.75, 3.05) is 6.54 Å². The zero-order valence-electron chi connectivity index (χ0n) is 16.4. The predicted molar refractivity (Wildman–Crippen MR) is 111 cm³/mol. The Morgan fingerprint density at radius 1 is 1.11 bits per heavy atom. The number of aromatic nitrogens is 2. The first-order valence-electron chi connectivity index (χ1n) is 10.00. The molecule has 0 N–H and O–H groups in total. The van der Waals surface area contributed by atoms with Gasteiger partial charge >= 0.3 is 0 Å². The topological polar surface area (TPSA) is 55.2 Å². The molecule has 1 aromatic heterocycles. The molecule has 144 valence electrons. The molecule has 0 saturated heterocycles. The molecule has 0 radical (unpaired) electrons. The maximum absolute atomic E-state index is 13.0. The van der Waals surface area contributed by atoms with Gasteiger partial charge in [0.05, 0.1) is 16.6 Å². The molecule has 1 saturated carbocycles. The molecule has 1 amide bonds. The van der Waals surface area contributed by atoms with Crippen molar-refractivity contribution in [3.8, 4) is 5.69 Å². The highest BCUT2D eigenvalue weighted by molar-refractivity contribution is 5.94. The standard InChI is InChI=1S/C23H25N3O2/c1-3-25(18-8-4-5-9-18)22(27)17-12-14-19(15-13-17)26-16(2)24-21-11-7-6-10-20(21)23(26)28/h6-7,10-15,18H,3-5,8-9H2,1-2H3. The van der Waals surface area contributed by atoms with Gasteiger partial charge in [-0.15, -0.1) is 0 Å². The minimum absolute atomic E-state index is 0.0710. The first-order valence-corrected chi connectivity index (χ1v) is 10.00. The lowest BCUT2D eigenvalue weighted by atomic mass is 10.1. The zero-order valence-corrected chi connectivity index (χ0v) is 16.4. The third-order valence-electron chi connectivity index (χ3n) is 5.68. The van der Waals surface area contributed by atoms with Crippen molar-refractivity contribution < 1.29 is 4.79 Å². The van der Waals surface area contributed by atoms with Crippen molar-refractivity contribution in [3.05, 3.63) is 70.3 Å². The van der Waals surface area contributed by atoms with Crippen LogP contribution < -0.4 is 5.56 Å². The highest BCUT2D eigenvalue weighted by atomic mass is 16.2. The summed E-state index contributed by atoms with van der Waals surface area (Å²) in [4.78, 5) is 32.4. The van der Waals surface area contributed by atoms with Crippen LogP contribution in [-0.2, 0) is 0 Å². The van der Waals surface area contributed by atoms with Crippen LogP contribution in [0.15, 0.2) is 53.3 Å². The summed E-state index contributed by atoms with van der Waals surface area (Å²) >= 11 is 0. The number of rotatable bonds is 4. The molecule has 4 rings (SSSR count). The monoisotopic (exact) mass is 375 g/mol. The Hall–Kier alpha value is -2.95. The summed E-state index contributed by atoms with van der Waals surface area (Å²) < 4.78 is 1.60. The molecule has 3 aromatic rings. The largest absolute Gasteiger partial charge is 0.336 e. The van der Waals surface area contributed by atoms with Crippen molar-refractivity contribution in [2.45, 2.75) is 45.6 Å². The van der Waals surface area contributed by atoms with E-state index in [1.165, 1.54) is 12.8 Å². The number of nitrogens with zero attached hydrogens (tertiary/aromatic N) is 3. The van der Waals surface area contributed by atoms with Gasteiger partial charge in [-0.3, -0.25) is 14.2 Å². The highest BCUT2D eigenvalue weighted by Gasteiger charge is 2.26. The SMILES string of the molecule is CCN(C(=O)c1ccc(-n2c(C)nc3ccccc3c2=O)cc1)C1CCCC1. The van der Waals surface area contributed by atoms with Gasteiger partial charge in [0.1, 0.15) is 5.82 Å². The van der Waals surface area contributed by atoms with E-state index < -0.39 is 0 Å². The van der Waals surface area contributed by atoms with Crippen LogP contribution in [0.3, 0.4) is 0 Å². The molecule has 1 fully saturated rings. The van der Waals surface area contributed by atoms with E-state index in [4.69, 9.17) is 0 Å². The summed E-state index contributed by atoms with van der Waals surface area (Å²) in [6.07, 6.45) is 4.58. The van der Waals surface area contributed by atoms with E-state index in [9.17, 15) is 9.59 Å². The van der Waals surface area contributed by atoms with Crippen molar-refractivity contribution in [2.24, 2.45) is 0 Å². The maximum atomic E-state index is 13.0. The van der Waals surface area contributed by atoms with Gasteiger partial charge < -0.3 is 4.90 Å². The number of carbonyl (C=O) groups excluding carboxylic acids is 1. The fourth-order valence-electron chi connectivity index (χ4n) is 4.25. The van der Waals surface area contributed by atoms with E-state index in [0.29, 0.717) is 28.3 Å². The summed E-state index contributed by atoms with van der Waals surface area (Å²) in [6, 6.07) is 15.0. The maximum Gasteiger partial charge on any atom is 0.265 e. The average Bonchev–Trinajstić information content (AvgIpc) is 3.23.